The molecule has 1 aliphatic rings. The van der Waals surface area contributed by atoms with Crippen LogP contribution >= 0.6 is 11.6 Å². The molecule has 1 saturated heterocycles. The first-order chi connectivity index (χ1) is 23.3. The first kappa shape index (κ1) is 34.8. The van der Waals surface area contributed by atoms with Crippen LogP contribution in [0.25, 0.3) is 11.0 Å². The second-order valence-corrected chi connectivity index (χ2v) is 12.6. The van der Waals surface area contributed by atoms with Gasteiger partial charge >= 0.3 is 0 Å². The van der Waals surface area contributed by atoms with E-state index in [2.05, 4.69) is 40.7 Å². The van der Waals surface area contributed by atoms with Gasteiger partial charge < -0.3 is 24.7 Å². The summed E-state index contributed by atoms with van der Waals surface area (Å²) in [6, 6.07) is 21.8. The number of anilines is 1. The molecule has 1 atom stereocenters. The van der Waals surface area contributed by atoms with E-state index in [1.165, 1.54) is 11.6 Å². The Bertz CT molecular complexity index is 1790. The molecule has 2 N–H and O–H groups in total. The summed E-state index contributed by atoms with van der Waals surface area (Å²) in [5, 5.41) is 7.17. The molecular formula is C39H44ClN3O5. The molecule has 2 heterocycles. The van der Waals surface area contributed by atoms with E-state index in [1.807, 2.05) is 43.3 Å². The second kappa shape index (κ2) is 17.0. The maximum atomic E-state index is 13.5. The number of amides is 2. The number of hydrogen-bond donors (Lipinski definition) is 2. The highest BCUT2D eigenvalue weighted by atomic mass is 35.5. The largest absolute Gasteiger partial charge is 0.494 e. The van der Waals surface area contributed by atoms with Crippen molar-refractivity contribution in [1.82, 2.24) is 10.6 Å². The Morgan fingerprint density at radius 1 is 1.00 bits per heavy atom. The molecular weight excluding hydrogens is 626 g/mol. The predicted octanol–water partition coefficient (Wildman–Crippen LogP) is 7.61. The summed E-state index contributed by atoms with van der Waals surface area (Å²) in [6.07, 6.45) is 7.63. The van der Waals surface area contributed by atoms with Crippen LogP contribution in [-0.2, 0) is 17.8 Å². The van der Waals surface area contributed by atoms with Gasteiger partial charge in [-0.1, -0.05) is 73.9 Å². The maximum Gasteiger partial charge on any atom is 0.287 e. The SMILES string of the molecule is CCCCOc1ccc2oc(C(=O)N[C@H](C=C3CCN(c4ccccc4CNC(=O)CCC)CC3)Cc3ccc(Cl)cc3)cc(=O)c2c1. The third-order valence-corrected chi connectivity index (χ3v) is 8.75. The number of carbonyl (C=O) groups is 2. The van der Waals surface area contributed by atoms with Gasteiger partial charge in [0.2, 0.25) is 5.91 Å². The van der Waals surface area contributed by atoms with Crippen molar-refractivity contribution in [2.75, 3.05) is 24.6 Å². The summed E-state index contributed by atoms with van der Waals surface area (Å²) < 4.78 is 11.7. The highest BCUT2D eigenvalue weighted by Crippen LogP contribution is 2.27. The molecule has 0 radical (unpaired) electrons. The predicted molar refractivity (Wildman–Crippen MR) is 192 cm³/mol. The Hall–Kier alpha value is -4.56. The summed E-state index contributed by atoms with van der Waals surface area (Å²) in [4.78, 5) is 41.0. The lowest BCUT2D eigenvalue weighted by Crippen LogP contribution is -2.37. The molecule has 8 nitrogen and oxygen atoms in total. The van der Waals surface area contributed by atoms with Crippen LogP contribution in [0.2, 0.25) is 5.02 Å². The zero-order valence-corrected chi connectivity index (χ0v) is 28.5. The molecule has 5 rings (SSSR count). The van der Waals surface area contributed by atoms with Crippen LogP contribution in [0, 0.1) is 0 Å². The summed E-state index contributed by atoms with van der Waals surface area (Å²) in [7, 11) is 0. The molecule has 0 spiro atoms. The van der Waals surface area contributed by atoms with E-state index >= 15 is 0 Å². The lowest BCUT2D eigenvalue weighted by Gasteiger charge is -2.32. The first-order valence-electron chi connectivity index (χ1n) is 16.9. The highest BCUT2D eigenvalue weighted by molar-refractivity contribution is 6.30. The summed E-state index contributed by atoms with van der Waals surface area (Å²) >= 11 is 6.14. The highest BCUT2D eigenvalue weighted by Gasteiger charge is 2.21. The summed E-state index contributed by atoms with van der Waals surface area (Å²) in [6.45, 7) is 6.79. The molecule has 9 heteroatoms. The van der Waals surface area contributed by atoms with Crippen molar-refractivity contribution in [2.45, 2.75) is 71.4 Å². The van der Waals surface area contributed by atoms with Crippen molar-refractivity contribution in [1.29, 1.82) is 0 Å². The summed E-state index contributed by atoms with van der Waals surface area (Å²) in [5.41, 5.74) is 4.53. The second-order valence-electron chi connectivity index (χ2n) is 12.2. The summed E-state index contributed by atoms with van der Waals surface area (Å²) in [5.74, 6) is 0.173. The Labute approximate surface area is 287 Å². The Morgan fingerprint density at radius 3 is 2.52 bits per heavy atom. The molecule has 1 fully saturated rings. The van der Waals surface area contributed by atoms with Gasteiger partial charge in [0.25, 0.3) is 5.91 Å². The molecule has 252 valence electrons. The number of piperidine rings is 1. The van der Waals surface area contributed by atoms with E-state index in [1.54, 1.807) is 18.2 Å². The standard InChI is InChI=1S/C39H44ClN3O5/c1-3-5-21-47-32-15-16-36-33(24-32)35(44)25-37(48-36)39(46)42-31(22-27-11-13-30(40)14-12-27)23-28-17-19-43(20-18-28)34-10-7-6-9-29(34)26-41-38(45)8-4-2/h6-7,9-16,23-25,31H,3-5,8,17-22,26H2,1-2H3,(H,41,45)(H,42,46)/t31-/m0/s1. The van der Waals surface area contributed by atoms with E-state index in [4.69, 9.17) is 20.8 Å². The molecule has 3 aromatic carbocycles. The molecule has 0 bridgehead atoms. The van der Waals surface area contributed by atoms with Crippen molar-refractivity contribution in [3.05, 3.63) is 117 Å². The van der Waals surface area contributed by atoms with Crippen LogP contribution in [0.3, 0.4) is 0 Å². The monoisotopic (exact) mass is 669 g/mol. The topological polar surface area (TPSA) is 101 Å². The van der Waals surface area contributed by atoms with Crippen molar-refractivity contribution in [2.24, 2.45) is 0 Å². The Morgan fingerprint density at radius 2 is 1.77 bits per heavy atom. The zero-order valence-electron chi connectivity index (χ0n) is 27.7. The minimum atomic E-state index is -0.454. The number of unbranched alkanes of at least 4 members (excludes halogenated alkanes) is 1. The lowest BCUT2D eigenvalue weighted by atomic mass is 9.97. The lowest BCUT2D eigenvalue weighted by molar-refractivity contribution is -0.121. The number of nitrogens with one attached hydrogen (secondary N) is 2. The number of fused-ring (bicyclic) bond motifs is 1. The number of hydrogen-bond acceptors (Lipinski definition) is 6. The van der Waals surface area contributed by atoms with Gasteiger partial charge in [-0.05, 0) is 79.6 Å². The van der Waals surface area contributed by atoms with Crippen LogP contribution in [0.4, 0.5) is 5.69 Å². The Kier molecular flexibility index (Phi) is 12.3. The third kappa shape index (κ3) is 9.50. The van der Waals surface area contributed by atoms with Gasteiger partial charge in [-0.25, -0.2) is 0 Å². The average molecular weight is 670 g/mol. The Balaban J connectivity index is 1.30. The molecule has 0 unspecified atom stereocenters. The van der Waals surface area contributed by atoms with Crippen molar-refractivity contribution in [3.63, 3.8) is 0 Å². The van der Waals surface area contributed by atoms with Gasteiger partial charge in [-0.15, -0.1) is 0 Å². The molecule has 0 saturated carbocycles. The number of carbonyl (C=O) groups excluding carboxylic acids is 2. The van der Waals surface area contributed by atoms with Gasteiger partial charge in [-0.2, -0.15) is 0 Å². The van der Waals surface area contributed by atoms with Gasteiger partial charge in [0.1, 0.15) is 11.3 Å². The number of para-hydroxylation sites is 1. The van der Waals surface area contributed by atoms with Gasteiger partial charge in [0, 0.05) is 42.8 Å². The molecule has 1 aliphatic heterocycles. The zero-order chi connectivity index (χ0) is 33.9. The normalized spacial score (nSPS) is 13.6. The molecule has 4 aromatic rings. The van der Waals surface area contributed by atoms with Crippen LogP contribution in [0.1, 0.15) is 74.1 Å². The van der Waals surface area contributed by atoms with Crippen LogP contribution < -0.4 is 25.7 Å². The van der Waals surface area contributed by atoms with Gasteiger partial charge in [-0.3, -0.25) is 14.4 Å². The number of ether oxygens (including phenoxy) is 1. The molecule has 1 aromatic heterocycles. The molecule has 0 aliphatic carbocycles. The van der Waals surface area contributed by atoms with Crippen molar-refractivity contribution >= 4 is 40.1 Å². The number of halogens is 1. The minimum absolute atomic E-state index is 0.0379. The van der Waals surface area contributed by atoms with E-state index in [0.29, 0.717) is 47.7 Å². The van der Waals surface area contributed by atoms with Gasteiger partial charge in [0.05, 0.1) is 18.0 Å². The fourth-order valence-corrected chi connectivity index (χ4v) is 6.03. The van der Waals surface area contributed by atoms with E-state index in [9.17, 15) is 14.4 Å². The number of rotatable bonds is 14. The van der Waals surface area contributed by atoms with Gasteiger partial charge in [0.15, 0.2) is 11.2 Å². The maximum absolute atomic E-state index is 13.5. The van der Waals surface area contributed by atoms with E-state index < -0.39 is 5.91 Å². The van der Waals surface area contributed by atoms with Crippen molar-refractivity contribution < 1.29 is 18.7 Å². The third-order valence-electron chi connectivity index (χ3n) is 8.50. The van der Waals surface area contributed by atoms with E-state index in [-0.39, 0.29) is 23.1 Å². The number of nitrogens with zero attached hydrogens (tertiary/aromatic N) is 1. The minimum Gasteiger partial charge on any atom is -0.494 e. The van der Waals surface area contributed by atoms with Crippen molar-refractivity contribution in [3.8, 4) is 5.75 Å². The van der Waals surface area contributed by atoms with Crippen LogP contribution in [0.5, 0.6) is 5.75 Å². The molecule has 48 heavy (non-hydrogen) atoms. The van der Waals surface area contributed by atoms with Crippen LogP contribution in [0.15, 0.2) is 93.7 Å². The first-order valence-corrected chi connectivity index (χ1v) is 17.3. The average Bonchev–Trinajstić information content (AvgIpc) is 3.09. The molecule has 2 amide bonds. The van der Waals surface area contributed by atoms with E-state index in [0.717, 1.165) is 62.0 Å². The fraction of sp³-hybridized carbons (Fsp3) is 0.359. The quantitative estimate of drug-likeness (QED) is 0.106. The van der Waals surface area contributed by atoms with Crippen LogP contribution in [-0.4, -0.2) is 37.6 Å². The number of benzene rings is 3. The smallest absolute Gasteiger partial charge is 0.287 e. The fourth-order valence-electron chi connectivity index (χ4n) is 5.90.